The molecule has 0 aliphatic carbocycles. The zero-order chi connectivity index (χ0) is 28.6. The number of amides is 2. The number of morpholine rings is 1. The summed E-state index contributed by atoms with van der Waals surface area (Å²) < 4.78 is 16.9. The van der Waals surface area contributed by atoms with Crippen molar-refractivity contribution in [1.29, 1.82) is 0 Å². The van der Waals surface area contributed by atoms with Crippen molar-refractivity contribution in [3.05, 3.63) is 101 Å². The Morgan fingerprint density at radius 3 is 2.32 bits per heavy atom. The maximum atomic E-state index is 13.3. The third-order valence-electron chi connectivity index (χ3n) is 7.45. The van der Waals surface area contributed by atoms with E-state index in [4.69, 9.17) is 19.9 Å². The van der Waals surface area contributed by atoms with Crippen molar-refractivity contribution in [3.8, 4) is 5.75 Å². The molecule has 3 aromatic rings. The predicted octanol–water partition coefficient (Wildman–Crippen LogP) is 3.43. The highest BCUT2D eigenvalue weighted by Crippen LogP contribution is 2.33. The number of hydrogen-bond donors (Lipinski definition) is 1. The molecule has 0 aromatic heterocycles. The molecule has 0 unspecified atom stereocenters. The van der Waals surface area contributed by atoms with Gasteiger partial charge in [-0.25, -0.2) is 0 Å². The lowest BCUT2D eigenvalue weighted by Gasteiger charge is -2.26. The summed E-state index contributed by atoms with van der Waals surface area (Å²) in [5.74, 6) is -0.841. The van der Waals surface area contributed by atoms with Gasteiger partial charge >= 0.3 is 5.97 Å². The number of nitrogens with zero attached hydrogens (tertiary/aromatic N) is 2. The zero-order valence-corrected chi connectivity index (χ0v) is 23.0. The lowest BCUT2D eigenvalue weighted by atomic mass is 10.1. The molecule has 2 N–H and O–H groups in total. The van der Waals surface area contributed by atoms with Crippen LogP contribution in [0.15, 0.2) is 72.8 Å². The number of fused-ring (bicyclic) bond motifs is 1. The number of rotatable bonds is 12. The molecule has 1 fully saturated rings. The van der Waals surface area contributed by atoms with Crippen molar-refractivity contribution in [2.75, 3.05) is 26.3 Å². The van der Waals surface area contributed by atoms with E-state index < -0.39 is 17.9 Å². The van der Waals surface area contributed by atoms with Gasteiger partial charge in [-0.1, -0.05) is 60.7 Å². The average molecular weight is 558 g/mol. The Kier molecular flexibility index (Phi) is 9.28. The molecule has 9 nitrogen and oxygen atoms in total. The van der Waals surface area contributed by atoms with Gasteiger partial charge in [0.1, 0.15) is 25.0 Å². The molecule has 214 valence electrons. The van der Waals surface area contributed by atoms with E-state index in [0.717, 1.165) is 44.0 Å². The van der Waals surface area contributed by atoms with Crippen LogP contribution in [-0.4, -0.2) is 59.9 Å². The van der Waals surface area contributed by atoms with E-state index in [1.165, 1.54) is 10.5 Å². The lowest BCUT2D eigenvalue weighted by molar-refractivity contribution is -0.145. The molecule has 41 heavy (non-hydrogen) atoms. The number of ether oxygens (including phenoxy) is 3. The fraction of sp³-hybridized carbons (Fsp3) is 0.344. The number of benzene rings is 3. The molecule has 1 saturated heterocycles. The van der Waals surface area contributed by atoms with E-state index in [-0.39, 0.29) is 31.9 Å². The highest BCUT2D eigenvalue weighted by Gasteiger charge is 2.37. The summed E-state index contributed by atoms with van der Waals surface area (Å²) in [5, 5.41) is 0. The molecule has 2 aliphatic heterocycles. The molecule has 0 bridgehead atoms. The number of carbonyl (C=O) groups excluding carboxylic acids is 3. The minimum absolute atomic E-state index is 0.0363. The standard InChI is InChI=1S/C32H35N3O6/c33-31(37)28(13-14-30(36)41-22-24-5-2-1-3-6-24)35-20-27-26(32(35)38)7-4-8-29(27)40-21-25-11-9-23(10-12-25)19-34-15-17-39-18-16-34/h1-12,28H,13-22H2,(H2,33,37)/t28-/m1/s1. The van der Waals surface area contributed by atoms with Gasteiger partial charge in [0.05, 0.1) is 19.8 Å². The van der Waals surface area contributed by atoms with Crippen molar-refractivity contribution < 1.29 is 28.6 Å². The Morgan fingerprint density at radius 1 is 0.878 bits per heavy atom. The molecule has 3 aromatic carbocycles. The van der Waals surface area contributed by atoms with E-state index in [1.807, 2.05) is 36.4 Å². The van der Waals surface area contributed by atoms with Crippen LogP contribution < -0.4 is 10.5 Å². The fourth-order valence-electron chi connectivity index (χ4n) is 5.15. The third-order valence-corrected chi connectivity index (χ3v) is 7.45. The Bertz CT molecular complexity index is 1360. The lowest BCUT2D eigenvalue weighted by Crippen LogP contribution is -2.45. The average Bonchev–Trinajstić information content (AvgIpc) is 3.33. The molecule has 0 spiro atoms. The first-order valence-corrected chi connectivity index (χ1v) is 13.9. The van der Waals surface area contributed by atoms with Crippen LogP contribution in [0, 0.1) is 0 Å². The predicted molar refractivity (Wildman–Crippen MR) is 152 cm³/mol. The summed E-state index contributed by atoms with van der Waals surface area (Å²) in [4.78, 5) is 41.8. The Labute approximate surface area is 239 Å². The second-order valence-corrected chi connectivity index (χ2v) is 10.3. The molecular weight excluding hydrogens is 522 g/mol. The van der Waals surface area contributed by atoms with Crippen LogP contribution in [-0.2, 0) is 45.4 Å². The quantitative estimate of drug-likeness (QED) is 0.340. The molecule has 9 heteroatoms. The monoisotopic (exact) mass is 557 g/mol. The van der Waals surface area contributed by atoms with Crippen molar-refractivity contribution in [1.82, 2.24) is 9.80 Å². The number of esters is 1. The fourth-order valence-corrected chi connectivity index (χ4v) is 5.15. The molecule has 2 aliphatic rings. The molecule has 1 atom stereocenters. The van der Waals surface area contributed by atoms with E-state index in [0.29, 0.717) is 23.5 Å². The smallest absolute Gasteiger partial charge is 0.306 e. The zero-order valence-electron chi connectivity index (χ0n) is 23.0. The number of nitrogens with two attached hydrogens (primary N) is 1. The first kappa shape index (κ1) is 28.3. The van der Waals surface area contributed by atoms with E-state index in [9.17, 15) is 14.4 Å². The van der Waals surface area contributed by atoms with Crippen molar-refractivity contribution in [2.45, 2.75) is 45.2 Å². The molecule has 2 heterocycles. The first-order chi connectivity index (χ1) is 20.0. The second kappa shape index (κ2) is 13.4. The van der Waals surface area contributed by atoms with Crippen molar-refractivity contribution >= 4 is 17.8 Å². The van der Waals surface area contributed by atoms with Gasteiger partial charge in [0.15, 0.2) is 0 Å². The van der Waals surface area contributed by atoms with E-state index in [1.54, 1.807) is 12.1 Å². The molecule has 0 saturated carbocycles. The maximum Gasteiger partial charge on any atom is 0.306 e. The largest absolute Gasteiger partial charge is 0.489 e. The van der Waals surface area contributed by atoms with Crippen LogP contribution in [0.5, 0.6) is 5.75 Å². The Balaban J connectivity index is 1.17. The Hall–Kier alpha value is -4.21. The van der Waals surface area contributed by atoms with Crippen LogP contribution in [0.3, 0.4) is 0 Å². The second-order valence-electron chi connectivity index (χ2n) is 10.3. The van der Waals surface area contributed by atoms with Crippen molar-refractivity contribution in [2.24, 2.45) is 5.73 Å². The van der Waals surface area contributed by atoms with Gasteiger partial charge in [-0.2, -0.15) is 0 Å². The molecular formula is C32H35N3O6. The summed E-state index contributed by atoms with van der Waals surface area (Å²) in [6, 6.07) is 22.0. The summed E-state index contributed by atoms with van der Waals surface area (Å²) in [6.07, 6.45) is 0.0428. The number of carbonyl (C=O) groups is 3. The highest BCUT2D eigenvalue weighted by molar-refractivity contribution is 6.01. The first-order valence-electron chi connectivity index (χ1n) is 13.9. The normalized spacial score (nSPS) is 15.8. The van der Waals surface area contributed by atoms with Crippen LogP contribution in [0.2, 0.25) is 0 Å². The van der Waals surface area contributed by atoms with Gasteiger partial charge in [-0.3, -0.25) is 19.3 Å². The summed E-state index contributed by atoms with van der Waals surface area (Å²) in [6.45, 7) is 4.98. The van der Waals surface area contributed by atoms with Crippen molar-refractivity contribution in [3.63, 3.8) is 0 Å². The van der Waals surface area contributed by atoms with Gasteiger partial charge < -0.3 is 24.8 Å². The molecule has 0 radical (unpaired) electrons. The molecule has 5 rings (SSSR count). The van der Waals surface area contributed by atoms with Gasteiger partial charge in [0, 0.05) is 37.2 Å². The summed E-state index contributed by atoms with van der Waals surface area (Å²) in [7, 11) is 0. The Morgan fingerprint density at radius 2 is 1.59 bits per heavy atom. The molecule has 2 amide bonds. The number of primary amides is 1. The van der Waals surface area contributed by atoms with Crippen LogP contribution in [0.1, 0.15) is 45.5 Å². The van der Waals surface area contributed by atoms with Gasteiger partial charge in [-0.15, -0.1) is 0 Å². The topological polar surface area (TPSA) is 111 Å². The summed E-state index contributed by atoms with van der Waals surface area (Å²) in [5.41, 5.74) is 9.98. The third kappa shape index (κ3) is 7.31. The van der Waals surface area contributed by atoms with E-state index >= 15 is 0 Å². The van der Waals surface area contributed by atoms with Gasteiger partial charge in [0.25, 0.3) is 5.91 Å². The SMILES string of the molecule is NC(=O)[C@@H](CCC(=O)OCc1ccccc1)N1Cc2c(OCc3ccc(CN4CCOCC4)cc3)cccc2C1=O. The minimum Gasteiger partial charge on any atom is -0.489 e. The van der Waals surface area contributed by atoms with Gasteiger partial charge in [-0.05, 0) is 35.2 Å². The van der Waals surface area contributed by atoms with Gasteiger partial charge in [0.2, 0.25) is 5.91 Å². The summed E-state index contributed by atoms with van der Waals surface area (Å²) >= 11 is 0. The highest BCUT2D eigenvalue weighted by atomic mass is 16.5. The van der Waals surface area contributed by atoms with Crippen LogP contribution in [0.25, 0.3) is 0 Å². The maximum absolute atomic E-state index is 13.3. The number of hydrogen-bond acceptors (Lipinski definition) is 7. The van der Waals surface area contributed by atoms with Crippen LogP contribution >= 0.6 is 0 Å². The van der Waals surface area contributed by atoms with Crippen LogP contribution in [0.4, 0.5) is 0 Å². The minimum atomic E-state index is -0.939. The van der Waals surface area contributed by atoms with E-state index in [2.05, 4.69) is 29.2 Å².